The molecule has 3 rings (SSSR count). The van der Waals surface area contributed by atoms with Gasteiger partial charge in [0.1, 0.15) is 6.04 Å². The molecular weight excluding hydrogens is 475 g/mol. The molecule has 0 aliphatic rings. The fraction of sp³-hybridized carbons (Fsp3) is 0.231. The molecule has 7 heteroatoms. The minimum absolute atomic E-state index is 0.126. The van der Waals surface area contributed by atoms with Crippen molar-refractivity contribution in [1.29, 1.82) is 0 Å². The van der Waals surface area contributed by atoms with Crippen LogP contribution in [0.25, 0.3) is 0 Å². The summed E-state index contributed by atoms with van der Waals surface area (Å²) in [7, 11) is 1.58. The number of rotatable bonds is 10. The smallest absolute Gasteiger partial charge is 0.242 e. The molecule has 0 heterocycles. The first-order valence-corrected chi connectivity index (χ1v) is 12.4. The van der Waals surface area contributed by atoms with Gasteiger partial charge in [0.25, 0.3) is 0 Å². The molecule has 0 fully saturated rings. The van der Waals surface area contributed by atoms with Crippen LogP contribution < -0.4 is 5.32 Å². The van der Waals surface area contributed by atoms with Crippen LogP contribution in [0.1, 0.15) is 17.5 Å². The van der Waals surface area contributed by atoms with E-state index >= 15 is 0 Å². The second kappa shape index (κ2) is 12.7. The maximum atomic E-state index is 13.5. The van der Waals surface area contributed by atoms with Gasteiger partial charge in [-0.3, -0.25) is 9.59 Å². The van der Waals surface area contributed by atoms with Crippen molar-refractivity contribution in [2.24, 2.45) is 0 Å². The number of hydrogen-bond acceptors (Lipinski definition) is 3. The minimum atomic E-state index is -0.695. The number of likely N-dealkylation sites (N-methyl/N-ethyl adjacent to an activating group) is 1. The fourth-order valence-corrected chi connectivity index (χ4v) is 4.87. The average molecular weight is 501 g/mol. The number of carbonyl (C=O) groups is 2. The summed E-state index contributed by atoms with van der Waals surface area (Å²) in [6, 6.07) is 24.1. The topological polar surface area (TPSA) is 49.4 Å². The highest BCUT2D eigenvalue weighted by molar-refractivity contribution is 7.99. The first kappa shape index (κ1) is 25.2. The maximum absolute atomic E-state index is 13.5. The summed E-state index contributed by atoms with van der Waals surface area (Å²) in [5, 5.41) is 3.65. The third-order valence-corrected chi connectivity index (χ3v) is 6.96. The van der Waals surface area contributed by atoms with Crippen molar-refractivity contribution < 1.29 is 9.59 Å². The number of hydrogen-bond donors (Lipinski definition) is 1. The van der Waals surface area contributed by atoms with E-state index in [0.717, 1.165) is 10.5 Å². The molecule has 33 heavy (non-hydrogen) atoms. The van der Waals surface area contributed by atoms with Crippen LogP contribution in [-0.4, -0.2) is 35.6 Å². The highest BCUT2D eigenvalue weighted by atomic mass is 35.5. The molecule has 1 N–H and O–H groups in total. The number of benzene rings is 3. The Morgan fingerprint density at radius 2 is 1.52 bits per heavy atom. The minimum Gasteiger partial charge on any atom is -0.357 e. The highest BCUT2D eigenvalue weighted by Gasteiger charge is 2.30. The Kier molecular flexibility index (Phi) is 9.67. The Bertz CT molecular complexity index is 1040. The van der Waals surface area contributed by atoms with E-state index in [4.69, 9.17) is 23.2 Å². The lowest BCUT2D eigenvalue weighted by molar-refractivity contribution is -0.140. The van der Waals surface area contributed by atoms with Crippen molar-refractivity contribution in [1.82, 2.24) is 10.2 Å². The van der Waals surface area contributed by atoms with Gasteiger partial charge in [-0.25, -0.2) is 0 Å². The van der Waals surface area contributed by atoms with E-state index in [9.17, 15) is 9.59 Å². The zero-order valence-corrected chi connectivity index (χ0v) is 20.7. The normalized spacial score (nSPS) is 11.6. The van der Waals surface area contributed by atoms with E-state index < -0.39 is 6.04 Å². The van der Waals surface area contributed by atoms with Gasteiger partial charge < -0.3 is 10.2 Å². The van der Waals surface area contributed by atoms with Crippen molar-refractivity contribution in [3.8, 4) is 0 Å². The molecule has 1 atom stereocenters. The van der Waals surface area contributed by atoms with Gasteiger partial charge in [-0.1, -0.05) is 77.8 Å². The number of halogens is 2. The van der Waals surface area contributed by atoms with Gasteiger partial charge in [0.2, 0.25) is 11.8 Å². The summed E-state index contributed by atoms with van der Waals surface area (Å²) in [6.45, 7) is 0.151. The second-order valence-electron chi connectivity index (χ2n) is 7.45. The Balaban J connectivity index is 1.86. The molecule has 3 aromatic carbocycles. The lowest BCUT2D eigenvalue weighted by atomic mass is 10.0. The average Bonchev–Trinajstić information content (AvgIpc) is 2.83. The molecule has 4 nitrogen and oxygen atoms in total. The summed E-state index contributed by atoms with van der Waals surface area (Å²) in [5.41, 5.74) is 1.60. The van der Waals surface area contributed by atoms with Gasteiger partial charge >= 0.3 is 0 Å². The number of amides is 2. The molecule has 0 spiro atoms. The van der Waals surface area contributed by atoms with E-state index in [1.54, 1.807) is 41.9 Å². The van der Waals surface area contributed by atoms with Crippen LogP contribution in [0.5, 0.6) is 0 Å². The van der Waals surface area contributed by atoms with E-state index in [1.807, 2.05) is 60.7 Å². The van der Waals surface area contributed by atoms with E-state index in [1.165, 1.54) is 0 Å². The number of carbonyl (C=O) groups excluding carboxylic acids is 2. The van der Waals surface area contributed by atoms with Gasteiger partial charge in [-0.15, -0.1) is 11.8 Å². The summed E-state index contributed by atoms with van der Waals surface area (Å²) >= 11 is 14.4. The lowest BCUT2D eigenvalue weighted by Crippen LogP contribution is -2.49. The van der Waals surface area contributed by atoms with Gasteiger partial charge in [0.15, 0.2) is 0 Å². The third-order valence-electron chi connectivity index (χ3n) is 5.24. The summed E-state index contributed by atoms with van der Waals surface area (Å²) in [5.74, 6) is 0.242. The van der Waals surface area contributed by atoms with E-state index in [0.29, 0.717) is 27.8 Å². The molecule has 0 aromatic heterocycles. The summed E-state index contributed by atoms with van der Waals surface area (Å²) < 4.78 is 0. The van der Waals surface area contributed by atoms with Crippen molar-refractivity contribution in [2.45, 2.75) is 30.3 Å². The Morgan fingerprint density at radius 3 is 2.12 bits per heavy atom. The van der Waals surface area contributed by atoms with Crippen LogP contribution in [0.2, 0.25) is 10.0 Å². The van der Waals surface area contributed by atoms with Gasteiger partial charge in [0, 0.05) is 52.7 Å². The first-order valence-electron chi connectivity index (χ1n) is 10.7. The zero-order chi connectivity index (χ0) is 23.6. The third kappa shape index (κ3) is 7.26. The SMILES string of the molecule is CNC(=O)[C@H](Cc1ccccc1)N(Cc1c(Cl)cccc1Cl)C(=O)CCSc1ccccc1. The Hall–Kier alpha value is -2.47. The quantitative estimate of drug-likeness (QED) is 0.354. The first-order chi connectivity index (χ1) is 16.0. The van der Waals surface area contributed by atoms with Crippen molar-refractivity contribution in [3.05, 3.63) is 100 Å². The van der Waals surface area contributed by atoms with Crippen LogP contribution in [0.4, 0.5) is 0 Å². The molecule has 0 bridgehead atoms. The molecule has 3 aromatic rings. The Morgan fingerprint density at radius 1 is 0.909 bits per heavy atom. The second-order valence-corrected chi connectivity index (χ2v) is 9.44. The van der Waals surface area contributed by atoms with Gasteiger partial charge in [-0.05, 0) is 29.8 Å². The lowest BCUT2D eigenvalue weighted by Gasteiger charge is -2.31. The number of nitrogens with one attached hydrogen (secondary N) is 1. The van der Waals surface area contributed by atoms with Crippen molar-refractivity contribution in [2.75, 3.05) is 12.8 Å². The number of nitrogens with zero attached hydrogens (tertiary/aromatic N) is 1. The van der Waals surface area contributed by atoms with Crippen LogP contribution in [0, 0.1) is 0 Å². The molecule has 0 aliphatic heterocycles. The summed E-state index contributed by atoms with van der Waals surface area (Å²) in [6.07, 6.45) is 0.671. The molecular formula is C26H26Cl2N2O2S. The molecule has 172 valence electrons. The van der Waals surface area contributed by atoms with Gasteiger partial charge in [0.05, 0.1) is 0 Å². The molecule has 0 unspecified atom stereocenters. The monoisotopic (exact) mass is 500 g/mol. The maximum Gasteiger partial charge on any atom is 0.242 e. The van der Waals surface area contributed by atoms with Crippen molar-refractivity contribution >= 4 is 46.8 Å². The Labute approximate surface area is 209 Å². The largest absolute Gasteiger partial charge is 0.357 e. The predicted octanol–water partition coefficient (Wildman–Crippen LogP) is 5.86. The molecule has 0 radical (unpaired) electrons. The van der Waals surface area contributed by atoms with E-state index in [-0.39, 0.29) is 24.8 Å². The number of thioether (sulfide) groups is 1. The molecule has 0 aliphatic carbocycles. The predicted molar refractivity (Wildman–Crippen MR) is 137 cm³/mol. The fourth-order valence-electron chi connectivity index (χ4n) is 3.49. The van der Waals surface area contributed by atoms with Crippen molar-refractivity contribution in [3.63, 3.8) is 0 Å². The van der Waals surface area contributed by atoms with Crippen LogP contribution in [0.3, 0.4) is 0 Å². The van der Waals surface area contributed by atoms with Gasteiger partial charge in [-0.2, -0.15) is 0 Å². The summed E-state index contributed by atoms with van der Waals surface area (Å²) in [4.78, 5) is 29.1. The van der Waals surface area contributed by atoms with E-state index in [2.05, 4.69) is 5.32 Å². The zero-order valence-electron chi connectivity index (χ0n) is 18.3. The van der Waals surface area contributed by atoms with Crippen LogP contribution in [0.15, 0.2) is 83.8 Å². The molecule has 0 saturated heterocycles. The molecule has 0 saturated carbocycles. The molecule has 2 amide bonds. The van der Waals surface area contributed by atoms with Crippen LogP contribution in [-0.2, 0) is 22.6 Å². The standard InChI is InChI=1S/C26H26Cl2N2O2S/c1-29-26(32)24(17-19-9-4-2-5-10-19)30(18-21-22(27)13-8-14-23(21)28)25(31)15-16-33-20-11-6-3-7-12-20/h2-14,24H,15-18H2,1H3,(H,29,32)/t24-/m0/s1. The highest BCUT2D eigenvalue weighted by Crippen LogP contribution is 2.28. The van der Waals surface area contributed by atoms with Crippen LogP contribution >= 0.6 is 35.0 Å².